The minimum absolute atomic E-state index is 0.00110. The molecule has 1 saturated heterocycles. The Morgan fingerprint density at radius 3 is 2.71 bits per heavy atom. The molecule has 2 aromatic carbocycles. The molecule has 2 amide bonds. The molecule has 1 unspecified atom stereocenters. The molecule has 2 aliphatic rings. The second kappa shape index (κ2) is 8.57. The van der Waals surface area contributed by atoms with E-state index in [1.54, 1.807) is 0 Å². The average Bonchev–Trinajstić information content (AvgIpc) is 2.68. The number of anilines is 1. The van der Waals surface area contributed by atoms with E-state index in [1.807, 2.05) is 54.6 Å². The summed E-state index contributed by atoms with van der Waals surface area (Å²) in [7, 11) is 0. The summed E-state index contributed by atoms with van der Waals surface area (Å²) in [6.07, 6.45) is 4.11. The summed E-state index contributed by atoms with van der Waals surface area (Å²) in [5, 5.41) is 6.05. The Morgan fingerprint density at radius 2 is 1.93 bits per heavy atom. The maximum Gasteiger partial charge on any atom is 0.227 e. The van der Waals surface area contributed by atoms with Crippen molar-refractivity contribution < 1.29 is 14.3 Å². The molecule has 5 heteroatoms. The van der Waals surface area contributed by atoms with Crippen LogP contribution in [0, 0.1) is 5.92 Å². The summed E-state index contributed by atoms with van der Waals surface area (Å²) in [5.41, 5.74) is 2.99. The van der Waals surface area contributed by atoms with Crippen LogP contribution in [-0.4, -0.2) is 17.9 Å². The van der Waals surface area contributed by atoms with E-state index in [4.69, 9.17) is 4.74 Å². The second-order valence-corrected chi connectivity index (χ2v) is 7.71. The van der Waals surface area contributed by atoms with Crippen molar-refractivity contribution in [1.82, 2.24) is 5.32 Å². The van der Waals surface area contributed by atoms with Crippen LogP contribution in [0.1, 0.15) is 49.3 Å². The van der Waals surface area contributed by atoms with Crippen molar-refractivity contribution in [3.63, 3.8) is 0 Å². The van der Waals surface area contributed by atoms with Crippen LogP contribution in [0.25, 0.3) is 0 Å². The van der Waals surface area contributed by atoms with Crippen molar-refractivity contribution in [2.45, 2.75) is 50.9 Å². The third-order valence-electron chi connectivity index (χ3n) is 5.58. The summed E-state index contributed by atoms with van der Waals surface area (Å²) in [6.45, 7) is 0.592. The number of nitrogens with one attached hydrogen (secondary N) is 2. The standard InChI is InChI=1S/C23H26N2O3/c26-22-11-5-10-21(25-22)17-8-4-9-19(12-17)24-23(27)18-13-20(14-18)28-15-16-6-2-1-3-7-16/h1-4,6-9,12,18,20-21H,5,10-11,13-15H2,(H,24,27)(H,25,26). The second-order valence-electron chi connectivity index (χ2n) is 7.71. The molecule has 2 fully saturated rings. The zero-order valence-corrected chi connectivity index (χ0v) is 15.9. The van der Waals surface area contributed by atoms with Crippen molar-refractivity contribution in [2.75, 3.05) is 5.32 Å². The molecule has 1 atom stereocenters. The minimum atomic E-state index is -0.00110. The summed E-state index contributed by atoms with van der Waals surface area (Å²) in [4.78, 5) is 24.1. The van der Waals surface area contributed by atoms with E-state index in [0.29, 0.717) is 13.0 Å². The van der Waals surface area contributed by atoms with Gasteiger partial charge in [0.2, 0.25) is 11.8 Å². The van der Waals surface area contributed by atoms with E-state index in [9.17, 15) is 9.59 Å². The highest BCUT2D eigenvalue weighted by atomic mass is 16.5. The first-order valence-electron chi connectivity index (χ1n) is 10.0. The Morgan fingerprint density at radius 1 is 1.11 bits per heavy atom. The van der Waals surface area contributed by atoms with Crippen LogP contribution in [0.15, 0.2) is 54.6 Å². The molecule has 5 nitrogen and oxygen atoms in total. The van der Waals surface area contributed by atoms with Crippen LogP contribution >= 0.6 is 0 Å². The number of rotatable bonds is 6. The third kappa shape index (κ3) is 4.60. The number of hydrogen-bond acceptors (Lipinski definition) is 3. The van der Waals surface area contributed by atoms with E-state index < -0.39 is 0 Å². The Hall–Kier alpha value is -2.66. The normalized spacial score (nSPS) is 24.1. The van der Waals surface area contributed by atoms with E-state index in [1.165, 1.54) is 0 Å². The van der Waals surface area contributed by atoms with Crippen molar-refractivity contribution in [3.8, 4) is 0 Å². The van der Waals surface area contributed by atoms with Gasteiger partial charge in [-0.05, 0) is 48.9 Å². The highest BCUT2D eigenvalue weighted by Crippen LogP contribution is 2.32. The van der Waals surface area contributed by atoms with Gasteiger partial charge in [-0.25, -0.2) is 0 Å². The molecule has 1 aliphatic heterocycles. The molecule has 2 aromatic rings. The molecule has 28 heavy (non-hydrogen) atoms. The zero-order chi connectivity index (χ0) is 19.3. The molecule has 2 N–H and O–H groups in total. The number of hydrogen-bond donors (Lipinski definition) is 2. The number of carbonyl (C=O) groups is 2. The molecule has 4 rings (SSSR count). The van der Waals surface area contributed by atoms with Gasteiger partial charge in [-0.1, -0.05) is 42.5 Å². The number of benzene rings is 2. The number of amides is 2. The first-order valence-corrected chi connectivity index (χ1v) is 10.0. The Balaban J connectivity index is 1.25. The van der Waals surface area contributed by atoms with Crippen LogP contribution < -0.4 is 10.6 Å². The van der Waals surface area contributed by atoms with Gasteiger partial charge >= 0.3 is 0 Å². The predicted molar refractivity (Wildman–Crippen MR) is 108 cm³/mol. The molecule has 0 spiro atoms. The van der Waals surface area contributed by atoms with Crippen molar-refractivity contribution >= 4 is 17.5 Å². The topological polar surface area (TPSA) is 67.4 Å². The van der Waals surface area contributed by atoms with E-state index >= 15 is 0 Å². The maximum atomic E-state index is 12.5. The van der Waals surface area contributed by atoms with Crippen LogP contribution in [0.4, 0.5) is 5.69 Å². The lowest BCUT2D eigenvalue weighted by molar-refractivity contribution is -0.129. The Bertz CT molecular complexity index is 831. The number of piperidine rings is 1. The first kappa shape index (κ1) is 18.7. The Kier molecular flexibility index (Phi) is 5.72. The molecular weight excluding hydrogens is 352 g/mol. The smallest absolute Gasteiger partial charge is 0.227 e. The lowest BCUT2D eigenvalue weighted by atomic mass is 9.81. The monoisotopic (exact) mass is 378 g/mol. The Labute approximate surface area is 165 Å². The third-order valence-corrected chi connectivity index (χ3v) is 5.58. The predicted octanol–water partition coefficient (Wildman–Crippen LogP) is 3.96. The molecule has 1 heterocycles. The van der Waals surface area contributed by atoms with Crippen molar-refractivity contribution in [1.29, 1.82) is 0 Å². The number of ether oxygens (including phenoxy) is 1. The van der Waals surface area contributed by atoms with E-state index in [-0.39, 0.29) is 29.9 Å². The van der Waals surface area contributed by atoms with E-state index in [2.05, 4.69) is 10.6 Å². The summed E-state index contributed by atoms with van der Waals surface area (Å²) < 4.78 is 5.88. The van der Waals surface area contributed by atoms with Gasteiger partial charge in [0.1, 0.15) is 0 Å². The molecular formula is C23H26N2O3. The molecule has 146 valence electrons. The fourth-order valence-corrected chi connectivity index (χ4v) is 3.84. The SMILES string of the molecule is O=C1CCCC(c2cccc(NC(=O)C3CC(OCc4ccccc4)C3)c2)N1. The van der Waals surface area contributed by atoms with Gasteiger partial charge in [-0.2, -0.15) is 0 Å². The van der Waals surface area contributed by atoms with Crippen LogP contribution in [0.5, 0.6) is 0 Å². The van der Waals surface area contributed by atoms with Crippen molar-refractivity contribution in [3.05, 3.63) is 65.7 Å². The molecule has 0 radical (unpaired) electrons. The fourth-order valence-electron chi connectivity index (χ4n) is 3.84. The summed E-state index contributed by atoms with van der Waals surface area (Å²) in [6, 6.07) is 17.9. The molecule has 1 saturated carbocycles. The molecule has 0 bridgehead atoms. The van der Waals surface area contributed by atoms with Gasteiger partial charge in [0.25, 0.3) is 0 Å². The largest absolute Gasteiger partial charge is 0.373 e. The van der Waals surface area contributed by atoms with E-state index in [0.717, 1.165) is 42.5 Å². The highest BCUT2D eigenvalue weighted by molar-refractivity contribution is 5.93. The van der Waals surface area contributed by atoms with Gasteiger partial charge in [0.15, 0.2) is 0 Å². The molecule has 0 aromatic heterocycles. The van der Waals surface area contributed by atoms with Gasteiger partial charge in [-0.3, -0.25) is 9.59 Å². The number of carbonyl (C=O) groups excluding carboxylic acids is 2. The summed E-state index contributed by atoms with van der Waals surface area (Å²) >= 11 is 0. The first-order chi connectivity index (χ1) is 13.7. The molecule has 1 aliphatic carbocycles. The average molecular weight is 378 g/mol. The fraction of sp³-hybridized carbons (Fsp3) is 0.391. The zero-order valence-electron chi connectivity index (χ0n) is 15.9. The van der Waals surface area contributed by atoms with Crippen LogP contribution in [0.3, 0.4) is 0 Å². The van der Waals surface area contributed by atoms with Gasteiger partial charge in [-0.15, -0.1) is 0 Å². The highest BCUT2D eigenvalue weighted by Gasteiger charge is 2.35. The van der Waals surface area contributed by atoms with Gasteiger partial charge < -0.3 is 15.4 Å². The maximum absolute atomic E-state index is 12.5. The van der Waals surface area contributed by atoms with Crippen LogP contribution in [-0.2, 0) is 20.9 Å². The minimum Gasteiger partial charge on any atom is -0.373 e. The van der Waals surface area contributed by atoms with Crippen molar-refractivity contribution in [2.24, 2.45) is 5.92 Å². The van der Waals surface area contributed by atoms with Gasteiger partial charge in [0, 0.05) is 18.0 Å². The summed E-state index contributed by atoms with van der Waals surface area (Å²) in [5.74, 6) is 0.143. The van der Waals surface area contributed by atoms with Gasteiger partial charge in [0.05, 0.1) is 18.8 Å². The lowest BCUT2D eigenvalue weighted by Crippen LogP contribution is -2.39. The van der Waals surface area contributed by atoms with Crippen LogP contribution in [0.2, 0.25) is 0 Å². The lowest BCUT2D eigenvalue weighted by Gasteiger charge is -2.34. The quantitative estimate of drug-likeness (QED) is 0.799.